The first kappa shape index (κ1) is 15.4. The zero-order valence-corrected chi connectivity index (χ0v) is 13.7. The Labute approximate surface area is 117 Å². The molecule has 18 heavy (non-hydrogen) atoms. The molecule has 1 aromatic rings. The van der Waals surface area contributed by atoms with Gasteiger partial charge < -0.3 is 14.0 Å². The summed E-state index contributed by atoms with van der Waals surface area (Å²) in [5, 5.41) is 0. The molecule has 0 aliphatic rings. The van der Waals surface area contributed by atoms with E-state index in [1.165, 1.54) is 0 Å². The molecule has 0 aliphatic heterocycles. The van der Waals surface area contributed by atoms with Crippen molar-refractivity contribution in [2.45, 2.75) is 32.8 Å². The predicted molar refractivity (Wildman–Crippen MR) is 75.5 cm³/mol. The van der Waals surface area contributed by atoms with E-state index in [1.807, 2.05) is 0 Å². The molecule has 1 rings (SSSR count). The highest BCUT2D eigenvalue weighted by molar-refractivity contribution is 9.10. The Morgan fingerprint density at radius 3 is 2.89 bits per heavy atom. The highest BCUT2D eigenvalue weighted by Crippen LogP contribution is 2.11. The van der Waals surface area contributed by atoms with Gasteiger partial charge in [0.05, 0.1) is 6.61 Å². The standard InChI is InChI=1S/C11H19BrN2O3Si/c1-4-17-10(15)9-7-14(11(12)13-9)8-16-5-6-18(2)3/h7,18H,4-6,8H2,1-3H3. The highest BCUT2D eigenvalue weighted by Gasteiger charge is 2.13. The summed E-state index contributed by atoms with van der Waals surface area (Å²) in [6.45, 7) is 7.84. The zero-order chi connectivity index (χ0) is 13.5. The summed E-state index contributed by atoms with van der Waals surface area (Å²) in [7, 11) is -0.564. The average molecular weight is 335 g/mol. The van der Waals surface area contributed by atoms with Crippen LogP contribution < -0.4 is 0 Å². The maximum atomic E-state index is 11.5. The van der Waals surface area contributed by atoms with Gasteiger partial charge in [0.25, 0.3) is 0 Å². The molecule has 7 heteroatoms. The van der Waals surface area contributed by atoms with Gasteiger partial charge in [-0.1, -0.05) is 13.1 Å². The quantitative estimate of drug-likeness (QED) is 0.436. The Morgan fingerprint density at radius 2 is 2.28 bits per heavy atom. The number of ether oxygens (including phenoxy) is 2. The molecule has 0 fully saturated rings. The number of carbonyl (C=O) groups is 1. The van der Waals surface area contributed by atoms with E-state index in [0.717, 1.165) is 12.7 Å². The molecule has 0 bridgehead atoms. The van der Waals surface area contributed by atoms with E-state index in [9.17, 15) is 4.79 Å². The Hall–Kier alpha value is -0.663. The fourth-order valence-electron chi connectivity index (χ4n) is 1.27. The van der Waals surface area contributed by atoms with Gasteiger partial charge in [-0.2, -0.15) is 0 Å². The summed E-state index contributed by atoms with van der Waals surface area (Å²) in [4.78, 5) is 15.6. The molecule has 0 saturated carbocycles. The minimum atomic E-state index is -0.564. The third-order valence-electron chi connectivity index (χ3n) is 2.28. The fourth-order valence-corrected chi connectivity index (χ4v) is 2.30. The lowest BCUT2D eigenvalue weighted by Gasteiger charge is -2.06. The van der Waals surface area contributed by atoms with Crippen LogP contribution >= 0.6 is 15.9 Å². The molecule has 102 valence electrons. The summed E-state index contributed by atoms with van der Waals surface area (Å²) in [6.07, 6.45) is 1.63. The number of halogens is 1. The van der Waals surface area contributed by atoms with Crippen LogP contribution in [0.3, 0.4) is 0 Å². The summed E-state index contributed by atoms with van der Waals surface area (Å²) in [5.74, 6) is -0.411. The molecule has 0 atom stereocenters. The van der Waals surface area contributed by atoms with E-state index in [4.69, 9.17) is 9.47 Å². The first-order chi connectivity index (χ1) is 8.54. The maximum Gasteiger partial charge on any atom is 0.358 e. The van der Waals surface area contributed by atoms with Gasteiger partial charge in [0.1, 0.15) is 6.73 Å². The second-order valence-corrected chi connectivity index (χ2v) is 8.38. The van der Waals surface area contributed by atoms with E-state index in [0.29, 0.717) is 23.8 Å². The molecule has 0 unspecified atom stereocenters. The molecule has 0 saturated heterocycles. The van der Waals surface area contributed by atoms with Crippen molar-refractivity contribution < 1.29 is 14.3 Å². The third kappa shape index (κ3) is 4.91. The van der Waals surface area contributed by atoms with Crippen LogP contribution in [0, 0.1) is 0 Å². The zero-order valence-electron chi connectivity index (χ0n) is 11.0. The smallest absolute Gasteiger partial charge is 0.358 e. The molecule has 0 spiro atoms. The second-order valence-electron chi connectivity index (χ2n) is 4.31. The number of esters is 1. The average Bonchev–Trinajstić information content (AvgIpc) is 2.67. The first-order valence-electron chi connectivity index (χ1n) is 6.02. The Balaban J connectivity index is 2.49. The van der Waals surface area contributed by atoms with E-state index in [1.54, 1.807) is 17.7 Å². The van der Waals surface area contributed by atoms with Crippen LogP contribution in [0.1, 0.15) is 17.4 Å². The minimum absolute atomic E-state index is 0.297. The molecule has 1 aromatic heterocycles. The number of imidazole rings is 1. The molecule has 0 amide bonds. The fraction of sp³-hybridized carbons (Fsp3) is 0.636. The number of aromatic nitrogens is 2. The number of hydrogen-bond acceptors (Lipinski definition) is 4. The van der Waals surface area contributed by atoms with E-state index >= 15 is 0 Å². The molecule has 0 radical (unpaired) electrons. The Morgan fingerprint density at radius 1 is 1.56 bits per heavy atom. The minimum Gasteiger partial charge on any atom is -0.461 e. The van der Waals surface area contributed by atoms with Crippen LogP contribution in [-0.4, -0.2) is 37.5 Å². The van der Waals surface area contributed by atoms with Crippen molar-refractivity contribution in [3.05, 3.63) is 16.6 Å². The number of rotatable bonds is 7. The molecule has 5 nitrogen and oxygen atoms in total. The largest absolute Gasteiger partial charge is 0.461 e. The van der Waals surface area contributed by atoms with Crippen LogP contribution in [0.2, 0.25) is 19.1 Å². The van der Waals surface area contributed by atoms with Crippen LogP contribution in [0.15, 0.2) is 10.9 Å². The first-order valence-corrected chi connectivity index (χ1v) is 9.94. The Bertz CT molecular complexity index is 396. The van der Waals surface area contributed by atoms with Crippen molar-refractivity contribution in [2.24, 2.45) is 0 Å². The lowest BCUT2D eigenvalue weighted by atomic mass is 10.5. The predicted octanol–water partition coefficient (Wildman–Crippen LogP) is 2.28. The van der Waals surface area contributed by atoms with E-state index in [-0.39, 0.29) is 0 Å². The van der Waals surface area contributed by atoms with Gasteiger partial charge >= 0.3 is 5.97 Å². The van der Waals surface area contributed by atoms with Crippen molar-refractivity contribution >= 4 is 30.7 Å². The van der Waals surface area contributed by atoms with Crippen molar-refractivity contribution in [2.75, 3.05) is 13.2 Å². The lowest BCUT2D eigenvalue weighted by Crippen LogP contribution is -2.08. The maximum absolute atomic E-state index is 11.5. The summed E-state index contributed by atoms with van der Waals surface area (Å²) in [6, 6.07) is 1.15. The van der Waals surface area contributed by atoms with E-state index in [2.05, 4.69) is 34.0 Å². The number of hydrogen-bond donors (Lipinski definition) is 0. The van der Waals surface area contributed by atoms with Crippen molar-refractivity contribution in [3.63, 3.8) is 0 Å². The number of carbonyl (C=O) groups excluding carboxylic acids is 1. The molecule has 1 heterocycles. The van der Waals surface area contributed by atoms with Crippen LogP contribution in [0.25, 0.3) is 0 Å². The topological polar surface area (TPSA) is 53.4 Å². The summed E-state index contributed by atoms with van der Waals surface area (Å²) in [5.41, 5.74) is 0.297. The summed E-state index contributed by atoms with van der Waals surface area (Å²) < 4.78 is 12.7. The summed E-state index contributed by atoms with van der Waals surface area (Å²) >= 11 is 3.29. The highest BCUT2D eigenvalue weighted by atomic mass is 79.9. The molecule has 0 aromatic carbocycles. The van der Waals surface area contributed by atoms with Crippen LogP contribution in [-0.2, 0) is 16.2 Å². The van der Waals surface area contributed by atoms with Gasteiger partial charge in [0.2, 0.25) is 0 Å². The third-order valence-corrected chi connectivity index (χ3v) is 4.31. The lowest BCUT2D eigenvalue weighted by molar-refractivity contribution is 0.0519. The van der Waals surface area contributed by atoms with Gasteiger partial charge in [0, 0.05) is 21.6 Å². The van der Waals surface area contributed by atoms with Crippen LogP contribution in [0.4, 0.5) is 0 Å². The molecule has 0 aliphatic carbocycles. The van der Waals surface area contributed by atoms with E-state index < -0.39 is 14.8 Å². The molecular weight excluding hydrogens is 316 g/mol. The van der Waals surface area contributed by atoms with Crippen molar-refractivity contribution in [1.82, 2.24) is 9.55 Å². The van der Waals surface area contributed by atoms with Crippen LogP contribution in [0.5, 0.6) is 0 Å². The Kier molecular flexibility index (Phi) is 6.59. The monoisotopic (exact) mass is 334 g/mol. The second kappa shape index (κ2) is 7.70. The molecular formula is C11H19BrN2O3Si. The molecule has 0 N–H and O–H groups in total. The van der Waals surface area contributed by atoms with Crippen molar-refractivity contribution in [3.8, 4) is 0 Å². The number of nitrogens with zero attached hydrogens (tertiary/aromatic N) is 2. The van der Waals surface area contributed by atoms with Gasteiger partial charge in [-0.05, 0) is 28.9 Å². The normalized spacial score (nSPS) is 10.9. The SMILES string of the molecule is CCOC(=O)c1cn(COCC[SiH](C)C)c(Br)n1. The van der Waals surface area contributed by atoms with Gasteiger partial charge in [0.15, 0.2) is 10.4 Å². The van der Waals surface area contributed by atoms with Gasteiger partial charge in [-0.3, -0.25) is 0 Å². The van der Waals surface area contributed by atoms with Crippen molar-refractivity contribution in [1.29, 1.82) is 0 Å². The van der Waals surface area contributed by atoms with Gasteiger partial charge in [-0.25, -0.2) is 9.78 Å². The van der Waals surface area contributed by atoms with Gasteiger partial charge in [-0.15, -0.1) is 0 Å².